The summed E-state index contributed by atoms with van der Waals surface area (Å²) in [7, 11) is 0. The fourth-order valence-corrected chi connectivity index (χ4v) is 2.57. The van der Waals surface area contributed by atoms with E-state index < -0.39 is 0 Å². The van der Waals surface area contributed by atoms with Crippen molar-refractivity contribution in [2.75, 3.05) is 11.1 Å². The highest BCUT2D eigenvalue weighted by Gasteiger charge is 2.11. The van der Waals surface area contributed by atoms with Crippen molar-refractivity contribution >= 4 is 39.3 Å². The summed E-state index contributed by atoms with van der Waals surface area (Å²) in [5.41, 5.74) is 0.769. The Morgan fingerprint density at radius 2 is 2.10 bits per heavy atom. The van der Waals surface area contributed by atoms with Crippen molar-refractivity contribution in [2.45, 2.75) is 25.5 Å². The lowest BCUT2D eigenvalue weighted by atomic mass is 10.2. The van der Waals surface area contributed by atoms with E-state index in [1.165, 1.54) is 11.8 Å². The first-order chi connectivity index (χ1) is 10.0. The molecule has 0 aliphatic heterocycles. The Morgan fingerprint density at radius 3 is 2.76 bits per heavy atom. The third-order valence-electron chi connectivity index (χ3n) is 2.50. The Morgan fingerprint density at radius 1 is 1.38 bits per heavy atom. The van der Waals surface area contributed by atoms with Crippen LogP contribution in [0.5, 0.6) is 0 Å². The molecule has 1 aromatic heterocycles. The molecule has 1 N–H and O–H groups in total. The standard InChI is InChI=1S/C13H16BrN5OS/c1-9(2)7-19-13(16-17-18-19)21-8-12(20)15-11-5-3-10(14)4-6-11/h3-6,9H,7-8H2,1-2H3,(H,15,20). The first-order valence-corrected chi connectivity index (χ1v) is 8.27. The first kappa shape index (κ1) is 16.0. The molecule has 0 spiro atoms. The maximum atomic E-state index is 11.9. The average molecular weight is 370 g/mol. The zero-order valence-electron chi connectivity index (χ0n) is 11.8. The van der Waals surface area contributed by atoms with E-state index in [0.717, 1.165) is 16.7 Å². The van der Waals surface area contributed by atoms with Crippen LogP contribution in [0, 0.1) is 5.92 Å². The number of carbonyl (C=O) groups excluding carboxylic acids is 1. The molecule has 0 saturated carbocycles. The summed E-state index contributed by atoms with van der Waals surface area (Å²) in [6, 6.07) is 7.45. The fourth-order valence-electron chi connectivity index (χ4n) is 1.62. The summed E-state index contributed by atoms with van der Waals surface area (Å²) in [6.07, 6.45) is 0. The average Bonchev–Trinajstić information content (AvgIpc) is 2.85. The van der Waals surface area contributed by atoms with Crippen LogP contribution >= 0.6 is 27.7 Å². The summed E-state index contributed by atoms with van der Waals surface area (Å²) in [4.78, 5) is 11.9. The van der Waals surface area contributed by atoms with E-state index in [1.54, 1.807) is 4.68 Å². The second-order valence-corrected chi connectivity index (χ2v) is 6.74. The van der Waals surface area contributed by atoms with Gasteiger partial charge in [0.15, 0.2) is 0 Å². The minimum absolute atomic E-state index is 0.0820. The number of hydrogen-bond acceptors (Lipinski definition) is 5. The summed E-state index contributed by atoms with van der Waals surface area (Å²) in [6.45, 7) is 4.93. The van der Waals surface area contributed by atoms with Gasteiger partial charge in [0, 0.05) is 16.7 Å². The van der Waals surface area contributed by atoms with Crippen LogP contribution in [0.4, 0.5) is 5.69 Å². The smallest absolute Gasteiger partial charge is 0.234 e. The van der Waals surface area contributed by atoms with Crippen LogP contribution in [0.25, 0.3) is 0 Å². The van der Waals surface area contributed by atoms with Gasteiger partial charge in [0.2, 0.25) is 11.1 Å². The number of carbonyl (C=O) groups is 1. The van der Waals surface area contributed by atoms with Gasteiger partial charge >= 0.3 is 0 Å². The molecular weight excluding hydrogens is 354 g/mol. The topological polar surface area (TPSA) is 72.7 Å². The Hall–Kier alpha value is -1.41. The molecule has 112 valence electrons. The van der Waals surface area contributed by atoms with Crippen molar-refractivity contribution in [1.29, 1.82) is 0 Å². The van der Waals surface area contributed by atoms with E-state index in [1.807, 2.05) is 24.3 Å². The van der Waals surface area contributed by atoms with Crippen LogP contribution in [0.15, 0.2) is 33.9 Å². The van der Waals surface area contributed by atoms with Crippen molar-refractivity contribution < 1.29 is 4.79 Å². The number of amides is 1. The SMILES string of the molecule is CC(C)Cn1nnnc1SCC(=O)Nc1ccc(Br)cc1. The van der Waals surface area contributed by atoms with E-state index in [2.05, 4.69) is 50.6 Å². The highest BCUT2D eigenvalue weighted by atomic mass is 79.9. The monoisotopic (exact) mass is 369 g/mol. The van der Waals surface area contributed by atoms with Gasteiger partial charge in [0.05, 0.1) is 5.75 Å². The van der Waals surface area contributed by atoms with E-state index >= 15 is 0 Å². The summed E-state index contributed by atoms with van der Waals surface area (Å²) >= 11 is 4.69. The number of rotatable bonds is 6. The van der Waals surface area contributed by atoms with Crippen molar-refractivity contribution in [3.63, 3.8) is 0 Å². The van der Waals surface area contributed by atoms with Gasteiger partial charge in [-0.15, -0.1) is 5.10 Å². The Bertz CT molecular complexity index is 599. The van der Waals surface area contributed by atoms with Crippen LogP contribution < -0.4 is 5.32 Å². The van der Waals surface area contributed by atoms with Gasteiger partial charge in [-0.3, -0.25) is 4.79 Å². The van der Waals surface area contributed by atoms with E-state index in [4.69, 9.17) is 0 Å². The molecule has 0 fully saturated rings. The van der Waals surface area contributed by atoms with Crippen molar-refractivity contribution in [3.8, 4) is 0 Å². The second kappa shape index (κ2) is 7.56. The summed E-state index contributed by atoms with van der Waals surface area (Å²) in [5, 5.41) is 15.0. The van der Waals surface area contributed by atoms with Crippen LogP contribution in [0.1, 0.15) is 13.8 Å². The van der Waals surface area contributed by atoms with Gasteiger partial charge < -0.3 is 5.32 Å². The van der Waals surface area contributed by atoms with Gasteiger partial charge in [-0.05, 0) is 40.6 Å². The Labute approximate surface area is 135 Å². The van der Waals surface area contributed by atoms with Crippen molar-refractivity contribution in [2.24, 2.45) is 5.92 Å². The lowest BCUT2D eigenvalue weighted by molar-refractivity contribution is -0.113. The zero-order chi connectivity index (χ0) is 15.2. The van der Waals surface area contributed by atoms with Gasteiger partial charge in [-0.25, -0.2) is 4.68 Å². The van der Waals surface area contributed by atoms with Crippen molar-refractivity contribution in [3.05, 3.63) is 28.7 Å². The fraction of sp³-hybridized carbons (Fsp3) is 0.385. The molecule has 0 unspecified atom stereocenters. The maximum Gasteiger partial charge on any atom is 0.234 e. The molecule has 0 atom stereocenters. The number of hydrogen-bond donors (Lipinski definition) is 1. The largest absolute Gasteiger partial charge is 0.325 e. The van der Waals surface area contributed by atoms with Crippen LogP contribution in [0.3, 0.4) is 0 Å². The molecule has 1 amide bonds. The molecule has 8 heteroatoms. The highest BCUT2D eigenvalue weighted by molar-refractivity contribution is 9.10. The molecule has 0 aliphatic rings. The van der Waals surface area contributed by atoms with Crippen LogP contribution in [-0.2, 0) is 11.3 Å². The maximum absolute atomic E-state index is 11.9. The van der Waals surface area contributed by atoms with E-state index in [0.29, 0.717) is 11.1 Å². The number of halogens is 1. The molecule has 0 aliphatic carbocycles. The summed E-state index contributed by atoms with van der Waals surface area (Å²) in [5.74, 6) is 0.639. The molecule has 6 nitrogen and oxygen atoms in total. The van der Waals surface area contributed by atoms with Gasteiger partial charge in [0.1, 0.15) is 0 Å². The lowest BCUT2D eigenvalue weighted by Crippen LogP contribution is -2.15. The Kier molecular flexibility index (Phi) is 5.75. The number of anilines is 1. The molecule has 0 bridgehead atoms. The van der Waals surface area contributed by atoms with E-state index in [-0.39, 0.29) is 11.7 Å². The van der Waals surface area contributed by atoms with Crippen molar-refractivity contribution in [1.82, 2.24) is 20.2 Å². The first-order valence-electron chi connectivity index (χ1n) is 6.49. The molecule has 2 rings (SSSR count). The number of tetrazole rings is 1. The second-order valence-electron chi connectivity index (χ2n) is 4.88. The summed E-state index contributed by atoms with van der Waals surface area (Å²) < 4.78 is 2.70. The van der Waals surface area contributed by atoms with Gasteiger partial charge in [0.25, 0.3) is 0 Å². The number of aromatic nitrogens is 4. The third kappa shape index (κ3) is 5.13. The van der Waals surface area contributed by atoms with Gasteiger partial charge in [-0.1, -0.05) is 41.5 Å². The zero-order valence-corrected chi connectivity index (χ0v) is 14.2. The predicted molar refractivity (Wildman–Crippen MR) is 86.2 cm³/mol. The molecule has 0 radical (unpaired) electrons. The van der Waals surface area contributed by atoms with E-state index in [9.17, 15) is 4.79 Å². The molecule has 1 heterocycles. The number of benzene rings is 1. The van der Waals surface area contributed by atoms with Gasteiger partial charge in [-0.2, -0.15) is 0 Å². The Balaban J connectivity index is 1.86. The molecule has 21 heavy (non-hydrogen) atoms. The number of nitrogens with one attached hydrogen (secondary N) is 1. The molecular formula is C13H16BrN5OS. The molecule has 2 aromatic rings. The quantitative estimate of drug-likeness (QED) is 0.792. The minimum Gasteiger partial charge on any atom is -0.325 e. The number of nitrogens with zero attached hydrogens (tertiary/aromatic N) is 4. The predicted octanol–water partition coefficient (Wildman–Crippen LogP) is 2.82. The molecule has 1 aromatic carbocycles. The normalized spacial score (nSPS) is 10.9. The lowest BCUT2D eigenvalue weighted by Gasteiger charge is -2.07. The molecule has 0 saturated heterocycles. The minimum atomic E-state index is -0.0820. The van der Waals surface area contributed by atoms with Crippen LogP contribution in [0.2, 0.25) is 0 Å². The number of thioether (sulfide) groups is 1. The third-order valence-corrected chi connectivity index (χ3v) is 3.98. The van der Waals surface area contributed by atoms with Crippen LogP contribution in [-0.4, -0.2) is 31.9 Å². The highest BCUT2D eigenvalue weighted by Crippen LogP contribution is 2.17.